The molecule has 0 radical (unpaired) electrons. The molecule has 82 valence electrons. The van der Waals surface area contributed by atoms with Crippen LogP contribution in [0.3, 0.4) is 0 Å². The Morgan fingerprint density at radius 3 is 2.81 bits per heavy atom. The van der Waals surface area contributed by atoms with Crippen molar-refractivity contribution in [3.8, 4) is 5.75 Å². The molecule has 2 rings (SSSR count). The topological polar surface area (TPSA) is 45.2 Å². The highest BCUT2D eigenvalue weighted by Crippen LogP contribution is 2.20. The smallest absolute Gasteiger partial charge is 0.118 e. The Bertz CT molecular complexity index is 469. The Balaban J connectivity index is 2.03. The molecule has 0 aliphatic heterocycles. The lowest BCUT2D eigenvalue weighted by molar-refractivity contribution is 0.471. The summed E-state index contributed by atoms with van der Waals surface area (Å²) >= 11 is 0. The number of pyridine rings is 1. The minimum Gasteiger partial charge on any atom is -0.508 e. The third kappa shape index (κ3) is 2.51. The van der Waals surface area contributed by atoms with Gasteiger partial charge in [0.05, 0.1) is 12.2 Å². The molecule has 16 heavy (non-hydrogen) atoms. The Labute approximate surface area is 94.8 Å². The molecule has 2 N–H and O–H groups in total. The van der Waals surface area contributed by atoms with Crippen LogP contribution in [0.1, 0.15) is 11.3 Å². The first-order valence-electron chi connectivity index (χ1n) is 5.19. The standard InChI is InChI=1S/C13H14N2O/c1-10-8-11(5-6-13(10)16)15-9-12-4-2-3-7-14-12/h2-8,15-16H,9H2,1H3. The molecule has 0 saturated heterocycles. The zero-order valence-corrected chi connectivity index (χ0v) is 9.14. The predicted octanol–water partition coefficient (Wildman–Crippen LogP) is 2.71. The van der Waals surface area contributed by atoms with E-state index < -0.39 is 0 Å². The highest BCUT2D eigenvalue weighted by atomic mass is 16.3. The third-order valence-electron chi connectivity index (χ3n) is 2.40. The number of rotatable bonds is 3. The fourth-order valence-corrected chi connectivity index (χ4v) is 1.46. The summed E-state index contributed by atoms with van der Waals surface area (Å²) in [5.41, 5.74) is 2.85. The van der Waals surface area contributed by atoms with Crippen LogP contribution in [-0.2, 0) is 6.54 Å². The van der Waals surface area contributed by atoms with Crippen molar-refractivity contribution in [2.24, 2.45) is 0 Å². The molecule has 0 saturated carbocycles. The van der Waals surface area contributed by atoms with E-state index in [1.807, 2.05) is 37.3 Å². The number of phenolic OH excluding ortho intramolecular Hbond substituents is 1. The molecule has 3 heteroatoms. The van der Waals surface area contributed by atoms with E-state index in [9.17, 15) is 5.11 Å². The molecule has 0 spiro atoms. The van der Waals surface area contributed by atoms with Gasteiger partial charge in [-0.1, -0.05) is 6.07 Å². The van der Waals surface area contributed by atoms with Gasteiger partial charge in [-0.15, -0.1) is 0 Å². The number of hydrogen-bond donors (Lipinski definition) is 2. The first-order chi connectivity index (χ1) is 7.75. The lowest BCUT2D eigenvalue weighted by atomic mass is 10.2. The van der Waals surface area contributed by atoms with E-state index in [1.54, 1.807) is 12.3 Å². The number of aromatic nitrogens is 1. The molecule has 0 atom stereocenters. The zero-order chi connectivity index (χ0) is 11.4. The summed E-state index contributed by atoms with van der Waals surface area (Å²) in [6.07, 6.45) is 1.78. The van der Waals surface area contributed by atoms with E-state index in [0.29, 0.717) is 12.3 Å². The summed E-state index contributed by atoms with van der Waals surface area (Å²) in [6, 6.07) is 11.3. The summed E-state index contributed by atoms with van der Waals surface area (Å²) in [4.78, 5) is 4.22. The number of aryl methyl sites for hydroxylation is 1. The normalized spacial score (nSPS) is 10.1. The van der Waals surface area contributed by atoms with Gasteiger partial charge in [-0.05, 0) is 42.8 Å². The van der Waals surface area contributed by atoms with E-state index in [0.717, 1.165) is 16.9 Å². The SMILES string of the molecule is Cc1cc(NCc2ccccn2)ccc1O. The quantitative estimate of drug-likeness (QED) is 0.772. The number of aromatic hydroxyl groups is 1. The van der Waals surface area contributed by atoms with Crippen molar-refractivity contribution in [2.45, 2.75) is 13.5 Å². The van der Waals surface area contributed by atoms with Gasteiger partial charge in [0.15, 0.2) is 0 Å². The van der Waals surface area contributed by atoms with Crippen LogP contribution in [0.25, 0.3) is 0 Å². The summed E-state index contributed by atoms with van der Waals surface area (Å²) in [5, 5.41) is 12.6. The van der Waals surface area contributed by atoms with Gasteiger partial charge in [0.2, 0.25) is 0 Å². The molecule has 2 aromatic rings. The molecule has 1 aromatic heterocycles. The first-order valence-corrected chi connectivity index (χ1v) is 5.19. The lowest BCUT2D eigenvalue weighted by Gasteiger charge is -2.07. The average molecular weight is 214 g/mol. The van der Waals surface area contributed by atoms with Crippen molar-refractivity contribution in [3.63, 3.8) is 0 Å². The van der Waals surface area contributed by atoms with E-state index in [-0.39, 0.29) is 0 Å². The maximum absolute atomic E-state index is 9.39. The molecule has 0 aliphatic rings. The number of nitrogens with zero attached hydrogens (tertiary/aromatic N) is 1. The molecule has 0 bridgehead atoms. The van der Waals surface area contributed by atoms with Crippen molar-refractivity contribution in [1.82, 2.24) is 4.98 Å². The average Bonchev–Trinajstić information content (AvgIpc) is 2.32. The summed E-state index contributed by atoms with van der Waals surface area (Å²) in [7, 11) is 0. The second-order valence-corrected chi connectivity index (χ2v) is 3.68. The molecule has 1 aromatic carbocycles. The number of anilines is 1. The van der Waals surface area contributed by atoms with E-state index in [1.165, 1.54) is 0 Å². The van der Waals surface area contributed by atoms with Gasteiger partial charge < -0.3 is 10.4 Å². The fourth-order valence-electron chi connectivity index (χ4n) is 1.46. The Kier molecular flexibility index (Phi) is 3.05. The van der Waals surface area contributed by atoms with Gasteiger partial charge in [0, 0.05) is 11.9 Å². The van der Waals surface area contributed by atoms with Gasteiger partial charge in [0.1, 0.15) is 5.75 Å². The number of phenols is 1. The Hall–Kier alpha value is -2.03. The fraction of sp³-hybridized carbons (Fsp3) is 0.154. The summed E-state index contributed by atoms with van der Waals surface area (Å²) in [5.74, 6) is 0.323. The molecular weight excluding hydrogens is 200 g/mol. The second kappa shape index (κ2) is 4.66. The second-order valence-electron chi connectivity index (χ2n) is 3.68. The van der Waals surface area contributed by atoms with Crippen molar-refractivity contribution in [3.05, 3.63) is 53.9 Å². The molecular formula is C13H14N2O. The number of hydrogen-bond acceptors (Lipinski definition) is 3. The monoisotopic (exact) mass is 214 g/mol. The van der Waals surface area contributed by atoms with Crippen molar-refractivity contribution < 1.29 is 5.11 Å². The highest BCUT2D eigenvalue weighted by Gasteiger charge is 1.98. The van der Waals surface area contributed by atoms with Gasteiger partial charge in [-0.2, -0.15) is 0 Å². The van der Waals surface area contributed by atoms with Gasteiger partial charge in [-0.3, -0.25) is 4.98 Å². The van der Waals surface area contributed by atoms with Crippen molar-refractivity contribution >= 4 is 5.69 Å². The molecule has 0 fully saturated rings. The van der Waals surface area contributed by atoms with Crippen LogP contribution < -0.4 is 5.32 Å². The molecule has 0 unspecified atom stereocenters. The minimum absolute atomic E-state index is 0.323. The predicted molar refractivity (Wildman–Crippen MR) is 64.4 cm³/mol. The van der Waals surface area contributed by atoms with Gasteiger partial charge in [-0.25, -0.2) is 0 Å². The Morgan fingerprint density at radius 2 is 2.12 bits per heavy atom. The maximum Gasteiger partial charge on any atom is 0.118 e. The number of nitrogens with one attached hydrogen (secondary N) is 1. The van der Waals surface area contributed by atoms with Crippen LogP contribution in [0.15, 0.2) is 42.6 Å². The lowest BCUT2D eigenvalue weighted by Crippen LogP contribution is -2.01. The van der Waals surface area contributed by atoms with Crippen molar-refractivity contribution in [1.29, 1.82) is 0 Å². The molecule has 1 heterocycles. The molecule has 0 aliphatic carbocycles. The number of benzene rings is 1. The van der Waals surface area contributed by atoms with Crippen LogP contribution in [0.2, 0.25) is 0 Å². The van der Waals surface area contributed by atoms with Crippen LogP contribution in [0.4, 0.5) is 5.69 Å². The largest absolute Gasteiger partial charge is 0.508 e. The van der Waals surface area contributed by atoms with Crippen LogP contribution in [-0.4, -0.2) is 10.1 Å². The van der Waals surface area contributed by atoms with Gasteiger partial charge in [0.25, 0.3) is 0 Å². The Morgan fingerprint density at radius 1 is 1.25 bits per heavy atom. The first kappa shape index (κ1) is 10.5. The van der Waals surface area contributed by atoms with Gasteiger partial charge >= 0.3 is 0 Å². The summed E-state index contributed by atoms with van der Waals surface area (Å²) in [6.45, 7) is 2.56. The van der Waals surface area contributed by atoms with Crippen LogP contribution >= 0.6 is 0 Å². The van der Waals surface area contributed by atoms with E-state index in [4.69, 9.17) is 0 Å². The third-order valence-corrected chi connectivity index (χ3v) is 2.40. The summed E-state index contributed by atoms with van der Waals surface area (Å²) < 4.78 is 0. The van der Waals surface area contributed by atoms with Crippen molar-refractivity contribution in [2.75, 3.05) is 5.32 Å². The van der Waals surface area contributed by atoms with E-state index in [2.05, 4.69) is 10.3 Å². The molecule has 3 nitrogen and oxygen atoms in total. The maximum atomic E-state index is 9.39. The zero-order valence-electron chi connectivity index (χ0n) is 9.14. The van der Waals surface area contributed by atoms with Crippen LogP contribution in [0.5, 0.6) is 5.75 Å². The highest BCUT2D eigenvalue weighted by molar-refractivity contribution is 5.50. The van der Waals surface area contributed by atoms with E-state index >= 15 is 0 Å². The van der Waals surface area contributed by atoms with Crippen LogP contribution in [0, 0.1) is 6.92 Å². The molecule has 0 amide bonds. The minimum atomic E-state index is 0.323.